The van der Waals surface area contributed by atoms with Gasteiger partial charge < -0.3 is 0 Å². The lowest BCUT2D eigenvalue weighted by atomic mass is 10.8. The molecule has 48 valence electrons. The summed E-state index contributed by atoms with van der Waals surface area (Å²) in [6, 6.07) is 0. The SMILES string of the molecule is CC=CSS(=O)CC. The third kappa shape index (κ3) is 4.40. The standard InChI is InChI=1S/C5H10OS2/c1-3-5-7-8(6)4-2/h3,5H,4H2,1-2H3. The van der Waals surface area contributed by atoms with Crippen molar-refractivity contribution in [2.24, 2.45) is 0 Å². The predicted octanol–water partition coefficient (Wildman–Crippen LogP) is 1.94. The molecule has 8 heavy (non-hydrogen) atoms. The van der Waals surface area contributed by atoms with Gasteiger partial charge in [0.05, 0.1) is 9.83 Å². The van der Waals surface area contributed by atoms with Gasteiger partial charge in [-0.2, -0.15) is 0 Å². The first-order valence-electron chi connectivity index (χ1n) is 2.48. The number of rotatable bonds is 3. The average molecular weight is 150 g/mol. The van der Waals surface area contributed by atoms with Gasteiger partial charge in [-0.15, -0.1) is 0 Å². The molecule has 0 aromatic heterocycles. The predicted molar refractivity (Wildman–Crippen MR) is 41.1 cm³/mol. The van der Waals surface area contributed by atoms with E-state index in [9.17, 15) is 4.21 Å². The zero-order valence-corrected chi connectivity index (χ0v) is 6.72. The minimum Gasteiger partial charge on any atom is -0.248 e. The fourth-order valence-corrected chi connectivity index (χ4v) is 1.67. The van der Waals surface area contributed by atoms with Crippen LogP contribution in [0, 0.1) is 0 Å². The second-order valence-electron chi connectivity index (χ2n) is 1.16. The molecule has 0 rings (SSSR count). The van der Waals surface area contributed by atoms with Crippen LogP contribution in [-0.2, 0) is 9.83 Å². The Labute approximate surface area is 56.4 Å². The van der Waals surface area contributed by atoms with Crippen LogP contribution in [0.4, 0.5) is 0 Å². The molecule has 0 aromatic rings. The van der Waals surface area contributed by atoms with Gasteiger partial charge in [0.2, 0.25) is 0 Å². The summed E-state index contributed by atoms with van der Waals surface area (Å²) >= 11 is 0. The van der Waals surface area contributed by atoms with Crippen molar-refractivity contribution in [3.8, 4) is 0 Å². The van der Waals surface area contributed by atoms with Gasteiger partial charge in [-0.1, -0.05) is 13.0 Å². The summed E-state index contributed by atoms with van der Waals surface area (Å²) < 4.78 is 10.6. The molecule has 0 aliphatic heterocycles. The van der Waals surface area contributed by atoms with E-state index in [0.717, 1.165) is 5.75 Å². The fourth-order valence-electron chi connectivity index (χ4n) is 0.186. The van der Waals surface area contributed by atoms with Gasteiger partial charge in [-0.3, -0.25) is 0 Å². The maximum Gasteiger partial charge on any atom is 0.0843 e. The number of hydrogen-bond donors (Lipinski definition) is 0. The normalized spacial score (nSPS) is 14.8. The highest BCUT2D eigenvalue weighted by Gasteiger charge is 1.88. The molecule has 0 fully saturated rings. The van der Waals surface area contributed by atoms with E-state index in [1.165, 1.54) is 10.8 Å². The van der Waals surface area contributed by atoms with E-state index in [4.69, 9.17) is 0 Å². The Morgan fingerprint density at radius 3 is 2.75 bits per heavy atom. The van der Waals surface area contributed by atoms with Gasteiger partial charge in [0.15, 0.2) is 0 Å². The van der Waals surface area contributed by atoms with Gasteiger partial charge in [0.1, 0.15) is 0 Å². The van der Waals surface area contributed by atoms with Crippen LogP contribution in [0.3, 0.4) is 0 Å². The van der Waals surface area contributed by atoms with Gasteiger partial charge in [-0.05, 0) is 23.1 Å². The fraction of sp³-hybridized carbons (Fsp3) is 0.600. The van der Waals surface area contributed by atoms with Gasteiger partial charge >= 0.3 is 0 Å². The lowest BCUT2D eigenvalue weighted by molar-refractivity contribution is 0.692. The monoisotopic (exact) mass is 150 g/mol. The van der Waals surface area contributed by atoms with Crippen LogP contribution in [0.5, 0.6) is 0 Å². The van der Waals surface area contributed by atoms with Crippen molar-refractivity contribution in [2.75, 3.05) is 5.75 Å². The molecular weight excluding hydrogens is 140 g/mol. The first-order valence-corrected chi connectivity index (χ1v) is 5.19. The van der Waals surface area contributed by atoms with Crippen LogP contribution in [0.25, 0.3) is 0 Å². The molecule has 0 radical (unpaired) electrons. The van der Waals surface area contributed by atoms with E-state index in [-0.39, 0.29) is 0 Å². The topological polar surface area (TPSA) is 17.1 Å². The van der Waals surface area contributed by atoms with E-state index >= 15 is 0 Å². The van der Waals surface area contributed by atoms with E-state index in [2.05, 4.69) is 0 Å². The Bertz CT molecular complexity index is 98.6. The highest BCUT2D eigenvalue weighted by molar-refractivity contribution is 8.70. The summed E-state index contributed by atoms with van der Waals surface area (Å²) in [6.45, 7) is 3.83. The Kier molecular flexibility index (Phi) is 5.54. The Hall–Kier alpha value is 0.240. The average Bonchev–Trinajstić information content (AvgIpc) is 1.83. The second-order valence-corrected chi connectivity index (χ2v) is 4.50. The first kappa shape index (κ1) is 8.24. The number of hydrogen-bond acceptors (Lipinski definition) is 2. The summed E-state index contributed by atoms with van der Waals surface area (Å²) in [5, 5.41) is 1.85. The largest absolute Gasteiger partial charge is 0.248 e. The minimum absolute atomic E-state index is 0.697. The summed E-state index contributed by atoms with van der Waals surface area (Å²) in [5.41, 5.74) is 0. The zero-order chi connectivity index (χ0) is 6.41. The molecule has 0 aromatic carbocycles. The molecule has 0 saturated heterocycles. The summed E-state index contributed by atoms with van der Waals surface area (Å²) in [7, 11) is 0.671. The third-order valence-electron chi connectivity index (χ3n) is 0.535. The Morgan fingerprint density at radius 1 is 1.75 bits per heavy atom. The van der Waals surface area contributed by atoms with Crippen LogP contribution >= 0.6 is 10.8 Å². The van der Waals surface area contributed by atoms with Crippen LogP contribution in [0.1, 0.15) is 13.8 Å². The minimum atomic E-state index is -0.697. The molecule has 0 bridgehead atoms. The molecule has 1 unspecified atom stereocenters. The maximum absolute atomic E-state index is 10.6. The van der Waals surface area contributed by atoms with Crippen LogP contribution in [0.2, 0.25) is 0 Å². The van der Waals surface area contributed by atoms with Gasteiger partial charge in [0.25, 0.3) is 0 Å². The van der Waals surface area contributed by atoms with E-state index in [1.54, 1.807) is 0 Å². The van der Waals surface area contributed by atoms with Gasteiger partial charge in [-0.25, -0.2) is 4.21 Å². The van der Waals surface area contributed by atoms with Crippen molar-refractivity contribution in [1.82, 2.24) is 0 Å². The van der Waals surface area contributed by atoms with E-state index in [0.29, 0.717) is 0 Å². The highest BCUT2D eigenvalue weighted by atomic mass is 33.1. The van der Waals surface area contributed by atoms with Crippen molar-refractivity contribution in [2.45, 2.75) is 13.8 Å². The van der Waals surface area contributed by atoms with Crippen molar-refractivity contribution < 1.29 is 4.21 Å². The molecule has 0 spiro atoms. The summed E-state index contributed by atoms with van der Waals surface area (Å²) in [5.74, 6) is 0.731. The Morgan fingerprint density at radius 2 is 2.38 bits per heavy atom. The van der Waals surface area contributed by atoms with Crippen LogP contribution < -0.4 is 0 Å². The molecule has 0 heterocycles. The van der Waals surface area contributed by atoms with E-state index in [1.807, 2.05) is 25.3 Å². The smallest absolute Gasteiger partial charge is 0.0843 e. The van der Waals surface area contributed by atoms with Crippen molar-refractivity contribution in [3.63, 3.8) is 0 Å². The lowest BCUT2D eigenvalue weighted by Crippen LogP contribution is -1.80. The lowest BCUT2D eigenvalue weighted by Gasteiger charge is -1.86. The zero-order valence-electron chi connectivity index (χ0n) is 5.09. The third-order valence-corrected chi connectivity index (χ3v) is 3.29. The number of allylic oxidation sites excluding steroid dienone is 1. The molecule has 1 nitrogen and oxygen atoms in total. The van der Waals surface area contributed by atoms with Crippen molar-refractivity contribution >= 4 is 20.6 Å². The van der Waals surface area contributed by atoms with Crippen molar-refractivity contribution in [1.29, 1.82) is 0 Å². The van der Waals surface area contributed by atoms with Crippen LogP contribution in [0.15, 0.2) is 11.5 Å². The summed E-state index contributed by atoms with van der Waals surface area (Å²) in [4.78, 5) is 0. The highest BCUT2D eigenvalue weighted by Crippen LogP contribution is 2.07. The molecular formula is C5H10OS2. The molecule has 0 N–H and O–H groups in total. The maximum atomic E-state index is 10.6. The Balaban J connectivity index is 3.25. The molecule has 1 atom stereocenters. The molecule has 0 saturated carbocycles. The first-order chi connectivity index (χ1) is 3.81. The molecule has 0 aliphatic carbocycles. The van der Waals surface area contributed by atoms with Crippen molar-refractivity contribution in [3.05, 3.63) is 11.5 Å². The molecule has 0 amide bonds. The van der Waals surface area contributed by atoms with Gasteiger partial charge in [0, 0.05) is 5.75 Å². The molecule has 0 aliphatic rings. The molecule has 3 heteroatoms. The van der Waals surface area contributed by atoms with Crippen LogP contribution in [-0.4, -0.2) is 9.96 Å². The second kappa shape index (κ2) is 5.38. The summed E-state index contributed by atoms with van der Waals surface area (Å²) in [6.07, 6.45) is 1.89. The van der Waals surface area contributed by atoms with E-state index < -0.39 is 9.83 Å². The quantitative estimate of drug-likeness (QED) is 0.572.